The standard InChI is InChI=1S/C13H12N2O2/c1-16-9-2-3-13-11(6-9)10(4-5-17-13)12-7-14-8-15-12/h2-4,6-8H,5H2,1H3,(H,14,15). The minimum Gasteiger partial charge on any atom is -0.497 e. The number of hydrogen-bond acceptors (Lipinski definition) is 3. The number of nitrogens with one attached hydrogen (secondary N) is 1. The molecule has 2 aromatic rings. The van der Waals surface area contributed by atoms with Gasteiger partial charge < -0.3 is 14.5 Å². The Morgan fingerprint density at radius 3 is 3.12 bits per heavy atom. The number of aromatic nitrogens is 2. The Morgan fingerprint density at radius 2 is 2.35 bits per heavy atom. The molecule has 86 valence electrons. The molecule has 4 heteroatoms. The molecule has 0 unspecified atom stereocenters. The molecule has 1 N–H and O–H groups in total. The summed E-state index contributed by atoms with van der Waals surface area (Å²) in [5.74, 6) is 1.68. The highest BCUT2D eigenvalue weighted by molar-refractivity contribution is 5.82. The Balaban J connectivity index is 2.12. The van der Waals surface area contributed by atoms with E-state index in [4.69, 9.17) is 9.47 Å². The van der Waals surface area contributed by atoms with Crippen molar-refractivity contribution < 1.29 is 9.47 Å². The van der Waals surface area contributed by atoms with E-state index in [0.717, 1.165) is 28.3 Å². The Labute approximate surface area is 98.9 Å². The second-order valence-electron chi connectivity index (χ2n) is 3.75. The summed E-state index contributed by atoms with van der Waals surface area (Å²) in [5, 5.41) is 0. The van der Waals surface area contributed by atoms with Crippen LogP contribution in [0.5, 0.6) is 11.5 Å². The molecule has 0 fully saturated rings. The molecule has 0 aliphatic carbocycles. The van der Waals surface area contributed by atoms with Crippen LogP contribution in [0.25, 0.3) is 5.57 Å². The molecule has 0 bridgehead atoms. The summed E-state index contributed by atoms with van der Waals surface area (Å²) in [5.41, 5.74) is 3.01. The highest BCUT2D eigenvalue weighted by Crippen LogP contribution is 2.35. The SMILES string of the molecule is COc1ccc2c(c1)C(c1c[nH]cn1)=CCO2. The maximum absolute atomic E-state index is 5.58. The van der Waals surface area contributed by atoms with Crippen LogP contribution in [0.1, 0.15) is 11.3 Å². The first-order chi connectivity index (χ1) is 8.38. The molecule has 0 saturated heterocycles. The van der Waals surface area contributed by atoms with Gasteiger partial charge in [0.2, 0.25) is 0 Å². The topological polar surface area (TPSA) is 47.1 Å². The molecule has 1 aliphatic rings. The zero-order valence-electron chi connectivity index (χ0n) is 9.43. The summed E-state index contributed by atoms with van der Waals surface area (Å²) in [6.07, 6.45) is 5.57. The first-order valence-electron chi connectivity index (χ1n) is 5.39. The van der Waals surface area contributed by atoms with E-state index >= 15 is 0 Å². The second kappa shape index (κ2) is 3.97. The van der Waals surface area contributed by atoms with E-state index in [1.807, 2.05) is 30.5 Å². The predicted molar refractivity (Wildman–Crippen MR) is 64.2 cm³/mol. The normalized spacial score (nSPS) is 13.6. The third-order valence-corrected chi connectivity index (χ3v) is 2.78. The van der Waals surface area contributed by atoms with Gasteiger partial charge >= 0.3 is 0 Å². The number of H-pyrrole nitrogens is 1. The monoisotopic (exact) mass is 228 g/mol. The Hall–Kier alpha value is -2.23. The molecule has 0 atom stereocenters. The van der Waals surface area contributed by atoms with Crippen molar-refractivity contribution in [2.45, 2.75) is 0 Å². The number of aromatic amines is 1. The zero-order valence-corrected chi connectivity index (χ0v) is 9.43. The molecule has 3 rings (SSSR count). The van der Waals surface area contributed by atoms with Crippen LogP contribution < -0.4 is 9.47 Å². The largest absolute Gasteiger partial charge is 0.497 e. The molecule has 0 saturated carbocycles. The quantitative estimate of drug-likeness (QED) is 0.857. The average Bonchev–Trinajstić information content (AvgIpc) is 2.91. The van der Waals surface area contributed by atoms with Gasteiger partial charge in [-0.15, -0.1) is 0 Å². The Kier molecular flexibility index (Phi) is 2.33. The van der Waals surface area contributed by atoms with Crippen LogP contribution in [-0.2, 0) is 0 Å². The van der Waals surface area contributed by atoms with Crippen molar-refractivity contribution in [3.8, 4) is 11.5 Å². The van der Waals surface area contributed by atoms with E-state index in [9.17, 15) is 0 Å². The summed E-state index contributed by atoms with van der Waals surface area (Å²) in [7, 11) is 1.66. The molecule has 4 nitrogen and oxygen atoms in total. The van der Waals surface area contributed by atoms with Crippen molar-refractivity contribution in [1.82, 2.24) is 9.97 Å². The molecule has 17 heavy (non-hydrogen) atoms. The highest BCUT2D eigenvalue weighted by atomic mass is 16.5. The Morgan fingerprint density at radius 1 is 1.41 bits per heavy atom. The molecule has 1 aliphatic heterocycles. The lowest BCUT2D eigenvalue weighted by Gasteiger charge is -2.18. The fraction of sp³-hybridized carbons (Fsp3) is 0.154. The van der Waals surface area contributed by atoms with Crippen LogP contribution in [0.4, 0.5) is 0 Å². The smallest absolute Gasteiger partial charge is 0.127 e. The second-order valence-corrected chi connectivity index (χ2v) is 3.75. The van der Waals surface area contributed by atoms with Gasteiger partial charge in [0.25, 0.3) is 0 Å². The number of hydrogen-bond donors (Lipinski definition) is 1. The number of ether oxygens (including phenoxy) is 2. The number of rotatable bonds is 2. The maximum Gasteiger partial charge on any atom is 0.127 e. The van der Waals surface area contributed by atoms with E-state index < -0.39 is 0 Å². The lowest BCUT2D eigenvalue weighted by atomic mass is 10.00. The summed E-state index contributed by atoms with van der Waals surface area (Å²) in [4.78, 5) is 7.24. The van der Waals surface area contributed by atoms with Crippen LogP contribution in [0, 0.1) is 0 Å². The molecule has 0 spiro atoms. The number of benzene rings is 1. The van der Waals surface area contributed by atoms with E-state index in [1.54, 1.807) is 13.4 Å². The van der Waals surface area contributed by atoms with Gasteiger partial charge in [-0.2, -0.15) is 0 Å². The summed E-state index contributed by atoms with van der Waals surface area (Å²) in [6.45, 7) is 0.571. The zero-order chi connectivity index (χ0) is 11.7. The van der Waals surface area contributed by atoms with Crippen molar-refractivity contribution in [2.24, 2.45) is 0 Å². The summed E-state index contributed by atoms with van der Waals surface area (Å²) in [6, 6.07) is 5.79. The predicted octanol–water partition coefficient (Wildman–Crippen LogP) is 2.24. The van der Waals surface area contributed by atoms with E-state index in [2.05, 4.69) is 9.97 Å². The fourth-order valence-corrected chi connectivity index (χ4v) is 1.95. The molecule has 1 aromatic heterocycles. The third kappa shape index (κ3) is 1.67. The molecule has 1 aromatic carbocycles. The molecular formula is C13H12N2O2. The third-order valence-electron chi connectivity index (χ3n) is 2.78. The van der Waals surface area contributed by atoms with Crippen LogP contribution in [-0.4, -0.2) is 23.7 Å². The van der Waals surface area contributed by atoms with Gasteiger partial charge in [0.1, 0.15) is 18.1 Å². The fourth-order valence-electron chi connectivity index (χ4n) is 1.95. The van der Waals surface area contributed by atoms with Gasteiger partial charge in [0.05, 0.1) is 19.1 Å². The molecule has 2 heterocycles. The summed E-state index contributed by atoms with van der Waals surface area (Å²) >= 11 is 0. The van der Waals surface area contributed by atoms with Crippen molar-refractivity contribution >= 4 is 5.57 Å². The van der Waals surface area contributed by atoms with Gasteiger partial charge in [0.15, 0.2) is 0 Å². The van der Waals surface area contributed by atoms with Gasteiger partial charge in [-0.05, 0) is 24.3 Å². The maximum atomic E-state index is 5.58. The number of imidazole rings is 1. The van der Waals surface area contributed by atoms with E-state index in [1.165, 1.54) is 0 Å². The minimum absolute atomic E-state index is 0.571. The van der Waals surface area contributed by atoms with Crippen molar-refractivity contribution in [2.75, 3.05) is 13.7 Å². The average molecular weight is 228 g/mol. The van der Waals surface area contributed by atoms with Crippen LogP contribution >= 0.6 is 0 Å². The summed E-state index contributed by atoms with van der Waals surface area (Å²) < 4.78 is 10.8. The first kappa shape index (κ1) is 9.96. The lowest BCUT2D eigenvalue weighted by Crippen LogP contribution is -2.05. The molecule has 0 amide bonds. The van der Waals surface area contributed by atoms with E-state index in [0.29, 0.717) is 6.61 Å². The number of nitrogens with zero attached hydrogens (tertiary/aromatic N) is 1. The lowest BCUT2D eigenvalue weighted by molar-refractivity contribution is 0.355. The minimum atomic E-state index is 0.571. The van der Waals surface area contributed by atoms with Gasteiger partial charge in [-0.3, -0.25) is 0 Å². The van der Waals surface area contributed by atoms with Crippen molar-refractivity contribution in [1.29, 1.82) is 0 Å². The Bertz CT molecular complexity index is 559. The van der Waals surface area contributed by atoms with E-state index in [-0.39, 0.29) is 0 Å². The van der Waals surface area contributed by atoms with Crippen LogP contribution in [0.3, 0.4) is 0 Å². The first-order valence-corrected chi connectivity index (χ1v) is 5.39. The number of fused-ring (bicyclic) bond motifs is 1. The van der Waals surface area contributed by atoms with Crippen molar-refractivity contribution in [3.05, 3.63) is 48.1 Å². The van der Waals surface area contributed by atoms with Crippen LogP contribution in [0.2, 0.25) is 0 Å². The molecule has 0 radical (unpaired) electrons. The number of methoxy groups -OCH3 is 1. The van der Waals surface area contributed by atoms with Gasteiger partial charge in [-0.25, -0.2) is 4.98 Å². The van der Waals surface area contributed by atoms with Gasteiger partial charge in [0, 0.05) is 17.3 Å². The molecular weight excluding hydrogens is 216 g/mol. The van der Waals surface area contributed by atoms with Crippen molar-refractivity contribution in [3.63, 3.8) is 0 Å². The van der Waals surface area contributed by atoms with Gasteiger partial charge in [-0.1, -0.05) is 0 Å². The highest BCUT2D eigenvalue weighted by Gasteiger charge is 2.17. The van der Waals surface area contributed by atoms with Crippen LogP contribution in [0.15, 0.2) is 36.8 Å².